The van der Waals surface area contributed by atoms with Crippen molar-refractivity contribution in [2.75, 3.05) is 13.1 Å². The van der Waals surface area contributed by atoms with Crippen molar-refractivity contribution in [2.24, 2.45) is 5.92 Å². The Morgan fingerprint density at radius 3 is 1.51 bits per heavy atom. The third-order valence-electron chi connectivity index (χ3n) is 9.75. The number of amides is 1. The smallest absolute Gasteiger partial charge is 0.225 e. The van der Waals surface area contributed by atoms with Gasteiger partial charge in [-0.2, -0.15) is 0 Å². The van der Waals surface area contributed by atoms with E-state index < -0.39 is 5.92 Å². The first kappa shape index (κ1) is 27.7. The predicted molar refractivity (Wildman–Crippen MR) is 170 cm³/mol. The first-order chi connectivity index (χ1) is 21.1. The number of ether oxygens (including phenoxy) is 2. The van der Waals surface area contributed by atoms with Gasteiger partial charge in [-0.05, 0) is 57.4 Å². The van der Waals surface area contributed by atoms with Crippen LogP contribution in [-0.4, -0.2) is 36.0 Å². The van der Waals surface area contributed by atoms with Gasteiger partial charge >= 0.3 is 0 Å². The lowest BCUT2D eigenvalue weighted by Gasteiger charge is -2.40. The van der Waals surface area contributed by atoms with Gasteiger partial charge in [-0.3, -0.25) is 9.69 Å². The Morgan fingerprint density at radius 2 is 1.09 bits per heavy atom. The zero-order chi connectivity index (χ0) is 29.3. The quantitative estimate of drug-likeness (QED) is 0.227. The third kappa shape index (κ3) is 5.21. The van der Waals surface area contributed by atoms with Crippen molar-refractivity contribution in [2.45, 2.75) is 63.5 Å². The maximum Gasteiger partial charge on any atom is 0.225 e. The fourth-order valence-corrected chi connectivity index (χ4v) is 7.67. The van der Waals surface area contributed by atoms with Gasteiger partial charge in [0.25, 0.3) is 0 Å². The molecule has 1 saturated heterocycles. The molecule has 0 saturated carbocycles. The summed E-state index contributed by atoms with van der Waals surface area (Å²) >= 11 is 0. The molecule has 220 valence electrons. The molecule has 4 aromatic rings. The molecule has 3 aliphatic rings. The molecule has 7 rings (SSSR count). The van der Waals surface area contributed by atoms with E-state index in [-0.39, 0.29) is 17.7 Å². The number of nitrogens with zero attached hydrogens (tertiary/aromatic N) is 1. The monoisotopic (exact) mass is 572 g/mol. The van der Waals surface area contributed by atoms with E-state index in [0.29, 0.717) is 18.6 Å². The minimum Gasteiger partial charge on any atom is -0.457 e. The van der Waals surface area contributed by atoms with Gasteiger partial charge in [0.1, 0.15) is 23.0 Å². The van der Waals surface area contributed by atoms with E-state index in [4.69, 9.17) is 9.47 Å². The Kier molecular flexibility index (Phi) is 7.67. The molecule has 5 heteroatoms. The molecule has 0 spiro atoms. The largest absolute Gasteiger partial charge is 0.457 e. The molecular formula is C38H40N2O3. The van der Waals surface area contributed by atoms with Crippen molar-refractivity contribution in [1.29, 1.82) is 0 Å². The Bertz CT molecular complexity index is 1420. The summed E-state index contributed by atoms with van der Waals surface area (Å²) in [4.78, 5) is 17.4. The number of hydrogen-bond acceptors (Lipinski definition) is 4. The third-order valence-corrected chi connectivity index (χ3v) is 9.75. The Balaban J connectivity index is 1.28. The highest BCUT2D eigenvalue weighted by Gasteiger charge is 2.45. The summed E-state index contributed by atoms with van der Waals surface area (Å²) in [6.45, 7) is 6.32. The molecule has 1 N–H and O–H groups in total. The highest BCUT2D eigenvalue weighted by atomic mass is 16.5. The van der Waals surface area contributed by atoms with Crippen LogP contribution in [0.3, 0.4) is 0 Å². The van der Waals surface area contributed by atoms with Crippen LogP contribution in [0.25, 0.3) is 0 Å². The van der Waals surface area contributed by atoms with Crippen molar-refractivity contribution in [3.63, 3.8) is 0 Å². The molecule has 3 aliphatic heterocycles. The summed E-state index contributed by atoms with van der Waals surface area (Å²) in [5.41, 5.74) is 4.16. The van der Waals surface area contributed by atoms with E-state index in [1.807, 2.05) is 72.8 Å². The SMILES string of the molecule is CC1CCCC(C)N1CCCNC(=O)C(C1c2ccccc2Oc2ccccc21)C1c2ccccc2Oc2ccccc21. The Labute approximate surface area is 254 Å². The normalized spacial score (nSPS) is 19.8. The fourth-order valence-electron chi connectivity index (χ4n) is 7.67. The van der Waals surface area contributed by atoms with Crippen LogP contribution < -0.4 is 14.8 Å². The van der Waals surface area contributed by atoms with Crippen LogP contribution in [0.2, 0.25) is 0 Å². The van der Waals surface area contributed by atoms with E-state index in [0.717, 1.165) is 58.2 Å². The lowest BCUT2D eigenvalue weighted by atomic mass is 9.67. The van der Waals surface area contributed by atoms with Gasteiger partial charge in [0, 0.05) is 59.3 Å². The van der Waals surface area contributed by atoms with Crippen LogP contribution in [0.4, 0.5) is 0 Å². The maximum absolute atomic E-state index is 14.8. The molecule has 3 heterocycles. The van der Waals surface area contributed by atoms with Crippen LogP contribution in [0, 0.1) is 5.92 Å². The molecule has 1 amide bonds. The van der Waals surface area contributed by atoms with Crippen molar-refractivity contribution >= 4 is 5.91 Å². The fraction of sp³-hybridized carbons (Fsp3) is 0.342. The number of likely N-dealkylation sites (tertiary alicyclic amines) is 1. The van der Waals surface area contributed by atoms with E-state index in [1.165, 1.54) is 19.3 Å². The van der Waals surface area contributed by atoms with Crippen LogP contribution in [0.15, 0.2) is 97.1 Å². The zero-order valence-electron chi connectivity index (χ0n) is 25.0. The minimum absolute atomic E-state index is 0.0627. The zero-order valence-corrected chi connectivity index (χ0v) is 25.0. The molecule has 0 radical (unpaired) electrons. The van der Waals surface area contributed by atoms with Gasteiger partial charge in [-0.25, -0.2) is 0 Å². The summed E-state index contributed by atoms with van der Waals surface area (Å²) < 4.78 is 12.8. The van der Waals surface area contributed by atoms with Gasteiger partial charge in [-0.15, -0.1) is 0 Å². The second-order valence-electron chi connectivity index (χ2n) is 12.3. The standard InChI is InChI=1S/C38H40N2O3/c1-25-13-11-14-26(2)40(25)24-12-23-39-38(41)37(35-27-15-3-7-19-31(27)42-32-20-8-4-16-28(32)35)36-29-17-5-9-21-33(29)43-34-22-10-6-18-30(34)36/h3-10,15-22,25-26,35-37H,11-14,23-24H2,1-2H3,(H,39,41). The molecule has 4 aromatic carbocycles. The molecular weight excluding hydrogens is 532 g/mol. The van der Waals surface area contributed by atoms with Crippen molar-refractivity contribution < 1.29 is 14.3 Å². The number of rotatable bonds is 7. The number of carbonyl (C=O) groups excluding carboxylic acids is 1. The number of benzene rings is 4. The van der Waals surface area contributed by atoms with Gasteiger partial charge < -0.3 is 14.8 Å². The number of piperidine rings is 1. The Hall–Kier alpha value is -4.09. The summed E-state index contributed by atoms with van der Waals surface area (Å²) in [6, 6.07) is 33.9. The highest BCUT2D eigenvalue weighted by Crippen LogP contribution is 2.55. The first-order valence-corrected chi connectivity index (χ1v) is 15.8. The molecule has 0 aliphatic carbocycles. The highest BCUT2D eigenvalue weighted by molar-refractivity contribution is 5.84. The van der Waals surface area contributed by atoms with Gasteiger partial charge in [0.15, 0.2) is 0 Å². The average Bonchev–Trinajstić information content (AvgIpc) is 3.03. The number of fused-ring (bicyclic) bond motifs is 4. The molecule has 0 aromatic heterocycles. The van der Waals surface area contributed by atoms with Crippen LogP contribution in [0.5, 0.6) is 23.0 Å². The second kappa shape index (κ2) is 11.9. The molecule has 0 bridgehead atoms. The second-order valence-corrected chi connectivity index (χ2v) is 12.3. The number of hydrogen-bond donors (Lipinski definition) is 1. The van der Waals surface area contributed by atoms with Gasteiger partial charge in [0.05, 0.1) is 5.92 Å². The topological polar surface area (TPSA) is 50.8 Å². The van der Waals surface area contributed by atoms with Crippen LogP contribution >= 0.6 is 0 Å². The summed E-state index contributed by atoms with van der Waals surface area (Å²) in [5.74, 6) is 2.48. The number of para-hydroxylation sites is 4. The lowest BCUT2D eigenvalue weighted by molar-refractivity contribution is -0.126. The van der Waals surface area contributed by atoms with Gasteiger partial charge in [0.2, 0.25) is 5.91 Å². The molecule has 1 fully saturated rings. The van der Waals surface area contributed by atoms with E-state index in [2.05, 4.69) is 48.3 Å². The van der Waals surface area contributed by atoms with Crippen LogP contribution in [0.1, 0.15) is 73.6 Å². The molecule has 2 atom stereocenters. The average molecular weight is 573 g/mol. The minimum atomic E-state index is -0.426. The van der Waals surface area contributed by atoms with Crippen molar-refractivity contribution in [3.8, 4) is 23.0 Å². The molecule has 5 nitrogen and oxygen atoms in total. The molecule has 43 heavy (non-hydrogen) atoms. The summed E-state index contributed by atoms with van der Waals surface area (Å²) in [6.07, 6.45) is 4.74. The summed E-state index contributed by atoms with van der Waals surface area (Å²) in [7, 11) is 0. The maximum atomic E-state index is 14.8. The number of nitrogens with one attached hydrogen (secondary N) is 1. The van der Waals surface area contributed by atoms with E-state index in [9.17, 15) is 4.79 Å². The number of carbonyl (C=O) groups is 1. The van der Waals surface area contributed by atoms with Crippen molar-refractivity contribution in [1.82, 2.24) is 10.2 Å². The van der Waals surface area contributed by atoms with Crippen molar-refractivity contribution in [3.05, 3.63) is 119 Å². The van der Waals surface area contributed by atoms with E-state index >= 15 is 0 Å². The summed E-state index contributed by atoms with van der Waals surface area (Å²) in [5, 5.41) is 3.42. The Morgan fingerprint density at radius 1 is 0.698 bits per heavy atom. The lowest BCUT2D eigenvalue weighted by Crippen LogP contribution is -2.45. The van der Waals surface area contributed by atoms with E-state index in [1.54, 1.807) is 0 Å². The van der Waals surface area contributed by atoms with Gasteiger partial charge in [-0.1, -0.05) is 79.2 Å². The predicted octanol–water partition coefficient (Wildman–Crippen LogP) is 8.25. The molecule has 2 unspecified atom stereocenters. The van der Waals surface area contributed by atoms with Crippen LogP contribution in [-0.2, 0) is 4.79 Å². The first-order valence-electron chi connectivity index (χ1n) is 15.8.